The number of aromatic nitrogens is 1. The van der Waals surface area contributed by atoms with Crippen LogP contribution in [0.3, 0.4) is 0 Å². The largest absolute Gasteiger partial charge is 0.436 e. The summed E-state index contributed by atoms with van der Waals surface area (Å²) in [6.07, 6.45) is 0. The van der Waals surface area contributed by atoms with E-state index in [0.717, 1.165) is 33.7 Å². The zero-order valence-electron chi connectivity index (χ0n) is 28.7. The molecule has 0 bridgehead atoms. The van der Waals surface area contributed by atoms with Gasteiger partial charge in [0.25, 0.3) is 0 Å². The summed E-state index contributed by atoms with van der Waals surface area (Å²) < 4.78 is 8.75. The quantitative estimate of drug-likeness (QED) is 0.166. The van der Waals surface area contributed by atoms with Crippen LogP contribution in [0.2, 0.25) is 0 Å². The second-order valence-electron chi connectivity index (χ2n) is 13.2. The fourth-order valence-electron chi connectivity index (χ4n) is 7.30. The van der Waals surface area contributed by atoms with E-state index in [1.54, 1.807) is 11.3 Å². The van der Waals surface area contributed by atoms with E-state index < -0.39 is 0 Å². The highest BCUT2D eigenvalue weighted by molar-refractivity contribution is 7.26. The molecule has 0 spiro atoms. The molecule has 10 rings (SSSR count). The summed E-state index contributed by atoms with van der Waals surface area (Å²) in [4.78, 5) is 7.17. The van der Waals surface area contributed by atoms with Crippen molar-refractivity contribution in [3.8, 4) is 44.8 Å². The van der Waals surface area contributed by atoms with Crippen molar-refractivity contribution >= 4 is 59.7 Å². The van der Waals surface area contributed by atoms with Crippen LogP contribution in [0.1, 0.15) is 0 Å². The Morgan fingerprint density at radius 1 is 0.415 bits per heavy atom. The van der Waals surface area contributed by atoms with E-state index in [-0.39, 0.29) is 0 Å². The average molecular weight is 697 g/mol. The van der Waals surface area contributed by atoms with Crippen LogP contribution < -0.4 is 4.90 Å². The van der Waals surface area contributed by atoms with E-state index in [1.165, 1.54) is 53.6 Å². The second-order valence-corrected chi connectivity index (χ2v) is 14.3. The highest BCUT2D eigenvalue weighted by atomic mass is 32.1. The molecule has 0 N–H and O–H groups in total. The van der Waals surface area contributed by atoms with Crippen LogP contribution in [0.15, 0.2) is 199 Å². The molecule has 2 aromatic heterocycles. The van der Waals surface area contributed by atoms with Gasteiger partial charge in [-0.25, -0.2) is 4.98 Å². The number of hydrogen-bond acceptors (Lipinski definition) is 4. The third-order valence-electron chi connectivity index (χ3n) is 9.93. The number of thiophene rings is 1. The van der Waals surface area contributed by atoms with Crippen LogP contribution in [-0.2, 0) is 0 Å². The molecule has 2 heterocycles. The molecule has 0 radical (unpaired) electrons. The van der Waals surface area contributed by atoms with Gasteiger partial charge in [-0.15, -0.1) is 11.3 Å². The number of benzene rings is 8. The molecule has 250 valence electrons. The van der Waals surface area contributed by atoms with Crippen LogP contribution in [0.4, 0.5) is 17.1 Å². The van der Waals surface area contributed by atoms with Crippen molar-refractivity contribution in [2.45, 2.75) is 0 Å². The number of rotatable bonds is 7. The van der Waals surface area contributed by atoms with Crippen LogP contribution in [0.25, 0.3) is 76.1 Å². The van der Waals surface area contributed by atoms with E-state index in [4.69, 9.17) is 9.40 Å². The lowest BCUT2D eigenvalue weighted by atomic mass is 9.98. The molecule has 0 saturated heterocycles. The molecular formula is C49H32N2OS. The van der Waals surface area contributed by atoms with Crippen LogP contribution in [0.5, 0.6) is 0 Å². The molecule has 0 aliphatic heterocycles. The summed E-state index contributed by atoms with van der Waals surface area (Å²) in [5.41, 5.74) is 13.1. The van der Waals surface area contributed by atoms with Gasteiger partial charge < -0.3 is 9.32 Å². The van der Waals surface area contributed by atoms with E-state index in [2.05, 4.69) is 169 Å². The topological polar surface area (TPSA) is 29.3 Å². The van der Waals surface area contributed by atoms with Crippen molar-refractivity contribution < 1.29 is 4.42 Å². The van der Waals surface area contributed by atoms with Gasteiger partial charge in [0.1, 0.15) is 5.52 Å². The maximum Gasteiger partial charge on any atom is 0.227 e. The van der Waals surface area contributed by atoms with Gasteiger partial charge in [-0.2, -0.15) is 0 Å². The van der Waals surface area contributed by atoms with E-state index in [9.17, 15) is 0 Å². The average Bonchev–Trinajstić information content (AvgIpc) is 3.82. The van der Waals surface area contributed by atoms with E-state index in [0.29, 0.717) is 5.89 Å². The third-order valence-corrected chi connectivity index (χ3v) is 11.0. The molecule has 0 saturated carbocycles. The van der Waals surface area contributed by atoms with Gasteiger partial charge in [-0.05, 0) is 100 Å². The van der Waals surface area contributed by atoms with Crippen LogP contribution in [0, 0.1) is 0 Å². The Morgan fingerprint density at radius 2 is 0.906 bits per heavy atom. The molecule has 3 nitrogen and oxygen atoms in total. The smallest absolute Gasteiger partial charge is 0.227 e. The van der Waals surface area contributed by atoms with Crippen molar-refractivity contribution in [1.82, 2.24) is 4.98 Å². The van der Waals surface area contributed by atoms with Crippen molar-refractivity contribution in [2.24, 2.45) is 0 Å². The Balaban J connectivity index is 1.04. The Labute approximate surface area is 311 Å². The maximum absolute atomic E-state index is 6.31. The van der Waals surface area contributed by atoms with Gasteiger partial charge in [0.15, 0.2) is 5.58 Å². The first kappa shape index (κ1) is 31.0. The summed E-state index contributed by atoms with van der Waals surface area (Å²) in [6.45, 7) is 0. The highest BCUT2D eigenvalue weighted by Gasteiger charge is 2.17. The SMILES string of the molecule is c1ccc(-c2ccc(N(c3ccc(-c4ccccc4)cc3)c3ccc(-c4cccc5sc6cc7nc(-c8ccccc8)oc7cc6c45)cc3)cc2)cc1. The molecule has 0 fully saturated rings. The number of hydrogen-bond donors (Lipinski definition) is 0. The Hall–Kier alpha value is -6.75. The van der Waals surface area contributed by atoms with Crippen LogP contribution >= 0.6 is 11.3 Å². The first-order valence-electron chi connectivity index (χ1n) is 17.8. The molecule has 53 heavy (non-hydrogen) atoms. The molecule has 0 atom stereocenters. The molecule has 8 aromatic carbocycles. The van der Waals surface area contributed by atoms with E-state index in [1.807, 2.05) is 30.3 Å². The normalized spacial score (nSPS) is 11.4. The summed E-state index contributed by atoms with van der Waals surface area (Å²) in [7, 11) is 0. The highest BCUT2D eigenvalue weighted by Crippen LogP contribution is 2.43. The Kier molecular flexibility index (Phi) is 7.67. The number of nitrogens with zero attached hydrogens (tertiary/aromatic N) is 2. The molecule has 0 aliphatic carbocycles. The Morgan fingerprint density at radius 3 is 1.45 bits per heavy atom. The molecule has 0 amide bonds. The fourth-order valence-corrected chi connectivity index (χ4v) is 8.44. The predicted octanol–water partition coefficient (Wildman–Crippen LogP) is 14.3. The summed E-state index contributed by atoms with van der Waals surface area (Å²) in [6, 6.07) is 68.8. The third kappa shape index (κ3) is 5.76. The van der Waals surface area contributed by atoms with Gasteiger partial charge in [-0.1, -0.05) is 127 Å². The maximum atomic E-state index is 6.31. The minimum Gasteiger partial charge on any atom is -0.436 e. The van der Waals surface area contributed by atoms with Crippen LogP contribution in [-0.4, -0.2) is 4.98 Å². The predicted molar refractivity (Wildman–Crippen MR) is 223 cm³/mol. The first-order valence-corrected chi connectivity index (χ1v) is 18.6. The second kappa shape index (κ2) is 13.1. The lowest BCUT2D eigenvalue weighted by molar-refractivity contribution is 0.620. The number of fused-ring (bicyclic) bond motifs is 4. The van der Waals surface area contributed by atoms with E-state index >= 15 is 0 Å². The van der Waals surface area contributed by atoms with Gasteiger partial charge in [-0.3, -0.25) is 0 Å². The lowest BCUT2D eigenvalue weighted by Crippen LogP contribution is -2.09. The number of oxazole rings is 1. The van der Waals surface area contributed by atoms with Gasteiger partial charge in [0.05, 0.1) is 0 Å². The van der Waals surface area contributed by atoms with Gasteiger partial charge in [0.2, 0.25) is 5.89 Å². The Bertz CT molecular complexity index is 2760. The zero-order chi connectivity index (χ0) is 35.1. The monoisotopic (exact) mass is 696 g/mol. The minimum absolute atomic E-state index is 0.646. The lowest BCUT2D eigenvalue weighted by Gasteiger charge is -2.26. The first-order chi connectivity index (χ1) is 26.2. The van der Waals surface area contributed by atoms with Crippen molar-refractivity contribution in [1.29, 1.82) is 0 Å². The standard InChI is InChI=1S/C49H32N2OS/c1-4-11-33(12-5-1)35-19-25-39(26-20-35)51(40-27-21-36(22-28-40)34-13-6-2-7-14-34)41-29-23-37(24-30-41)42-17-10-18-46-48(42)43-31-45-44(32-47(43)53-46)50-49(52-45)38-15-8-3-9-16-38/h1-32H. The van der Waals surface area contributed by atoms with Crippen molar-refractivity contribution in [3.63, 3.8) is 0 Å². The van der Waals surface area contributed by atoms with Crippen molar-refractivity contribution in [2.75, 3.05) is 4.90 Å². The molecule has 10 aromatic rings. The summed E-state index contributed by atoms with van der Waals surface area (Å²) in [5.74, 6) is 0.646. The molecule has 4 heteroatoms. The summed E-state index contributed by atoms with van der Waals surface area (Å²) >= 11 is 1.80. The molecular weight excluding hydrogens is 665 g/mol. The van der Waals surface area contributed by atoms with Gasteiger partial charge in [0, 0.05) is 42.8 Å². The van der Waals surface area contributed by atoms with Crippen molar-refractivity contribution in [3.05, 3.63) is 194 Å². The minimum atomic E-state index is 0.646. The molecule has 0 aliphatic rings. The number of anilines is 3. The molecule has 0 unspecified atom stereocenters. The van der Waals surface area contributed by atoms with Gasteiger partial charge >= 0.3 is 0 Å². The summed E-state index contributed by atoms with van der Waals surface area (Å²) in [5, 5.41) is 2.43. The zero-order valence-corrected chi connectivity index (χ0v) is 29.5. The fraction of sp³-hybridized carbons (Fsp3) is 0.